The molecule has 0 unspecified atom stereocenters. The van der Waals surface area contributed by atoms with Crippen molar-refractivity contribution >= 4 is 57.2 Å². The normalized spacial score (nSPS) is 17.2. The highest BCUT2D eigenvalue weighted by Crippen LogP contribution is 2.56. The maximum Gasteiger partial charge on any atom is 0.252 e. The van der Waals surface area contributed by atoms with Crippen LogP contribution in [-0.4, -0.2) is 6.71 Å². The van der Waals surface area contributed by atoms with Gasteiger partial charge in [0.05, 0.1) is 5.69 Å². The molecule has 8 aromatic carbocycles. The molecule has 2 aliphatic carbocycles. The molecule has 2 nitrogen and oxygen atoms in total. The number of anilines is 6. The molecule has 0 aromatic heterocycles. The van der Waals surface area contributed by atoms with Crippen LogP contribution in [0, 0.1) is 13.8 Å². The van der Waals surface area contributed by atoms with Crippen molar-refractivity contribution < 1.29 is 0 Å². The van der Waals surface area contributed by atoms with Crippen LogP contribution in [0.1, 0.15) is 157 Å². The Morgan fingerprint density at radius 1 is 0.473 bits per heavy atom. The van der Waals surface area contributed by atoms with Crippen LogP contribution in [0.2, 0.25) is 0 Å². The number of aryl methyl sites for hydroxylation is 3. The largest absolute Gasteiger partial charge is 0.311 e. The van der Waals surface area contributed by atoms with Gasteiger partial charge in [-0.25, -0.2) is 0 Å². The molecule has 0 saturated heterocycles. The van der Waals surface area contributed by atoms with E-state index < -0.39 is 0 Å². The summed E-state index contributed by atoms with van der Waals surface area (Å²) in [6, 6.07) is 63.9. The molecule has 12 rings (SSSR count). The van der Waals surface area contributed by atoms with Gasteiger partial charge in [0.25, 0.3) is 6.71 Å². The lowest BCUT2D eigenvalue weighted by molar-refractivity contribution is 0.402. The summed E-state index contributed by atoms with van der Waals surface area (Å²) in [7, 11) is 0. The van der Waals surface area contributed by atoms with Gasteiger partial charge in [0.2, 0.25) is 0 Å². The average molecular weight is 967 g/mol. The molecular formula is C71H75BN2. The summed E-state index contributed by atoms with van der Waals surface area (Å²) in [4.78, 5) is 5.41. The Labute approximate surface area is 444 Å². The van der Waals surface area contributed by atoms with Crippen molar-refractivity contribution in [2.24, 2.45) is 0 Å². The first kappa shape index (κ1) is 48.4. The van der Waals surface area contributed by atoms with E-state index in [0.717, 1.165) is 25.7 Å². The highest BCUT2D eigenvalue weighted by molar-refractivity contribution is 7.00. The zero-order valence-electron chi connectivity index (χ0n) is 46.5. The Kier molecular flexibility index (Phi) is 11.1. The van der Waals surface area contributed by atoms with Gasteiger partial charge in [0.1, 0.15) is 0 Å². The highest BCUT2D eigenvalue weighted by Gasteiger charge is 2.49. The summed E-state index contributed by atoms with van der Waals surface area (Å²) in [6.07, 6.45) is 4.22. The van der Waals surface area contributed by atoms with Gasteiger partial charge in [-0.3, -0.25) is 0 Å². The zero-order valence-corrected chi connectivity index (χ0v) is 46.5. The maximum absolute atomic E-state index is 2.72. The van der Waals surface area contributed by atoms with Crippen molar-refractivity contribution in [1.29, 1.82) is 0 Å². The monoisotopic (exact) mass is 967 g/mol. The standard InChI is InChI=1S/C71H75BN2/c1-45-35-64-66-65(36-45)74(61-41-56-54(37-46(61)2)68(6,7)43-70(56,10)11)62-38-47(29-32-52(48-23-17-14-18-24-48)49-25-19-15-20-26-49)30-33-58(62)72(66)59-40-55-57(71(12,13)44-69(55,8)9)42-63(59)73(64)60-34-31-51(67(3,4)5)39-53(60)50-27-21-16-22-28-50/h14-28,30-31,33-42,52H,29,32,43-44H2,1-13H3. The van der Waals surface area contributed by atoms with Crippen LogP contribution in [0.15, 0.2) is 164 Å². The molecule has 0 bridgehead atoms. The van der Waals surface area contributed by atoms with E-state index in [-0.39, 0.29) is 33.8 Å². The van der Waals surface area contributed by atoms with E-state index in [1.165, 1.54) is 117 Å². The second-order valence-corrected chi connectivity index (χ2v) is 26.5. The Morgan fingerprint density at radius 3 is 1.54 bits per heavy atom. The van der Waals surface area contributed by atoms with E-state index in [4.69, 9.17) is 0 Å². The molecule has 372 valence electrons. The van der Waals surface area contributed by atoms with Gasteiger partial charge in [-0.15, -0.1) is 0 Å². The summed E-state index contributed by atoms with van der Waals surface area (Å²) < 4.78 is 0. The second-order valence-electron chi connectivity index (χ2n) is 26.5. The molecule has 0 fully saturated rings. The average Bonchev–Trinajstić information content (AvgIpc) is 3.66. The van der Waals surface area contributed by atoms with E-state index in [1.807, 2.05) is 0 Å². The number of benzene rings is 8. The van der Waals surface area contributed by atoms with Gasteiger partial charge < -0.3 is 9.80 Å². The lowest BCUT2D eigenvalue weighted by atomic mass is 9.33. The molecule has 0 N–H and O–H groups in total. The lowest BCUT2D eigenvalue weighted by Gasteiger charge is -2.46. The van der Waals surface area contributed by atoms with E-state index in [2.05, 4.69) is 264 Å². The molecule has 3 heteroatoms. The third-order valence-corrected chi connectivity index (χ3v) is 18.0. The van der Waals surface area contributed by atoms with E-state index >= 15 is 0 Å². The van der Waals surface area contributed by atoms with Gasteiger partial charge in [0.15, 0.2) is 0 Å². The van der Waals surface area contributed by atoms with Crippen LogP contribution in [0.25, 0.3) is 11.1 Å². The van der Waals surface area contributed by atoms with Crippen molar-refractivity contribution in [1.82, 2.24) is 0 Å². The first-order valence-corrected chi connectivity index (χ1v) is 27.6. The van der Waals surface area contributed by atoms with Crippen LogP contribution in [-0.2, 0) is 33.5 Å². The van der Waals surface area contributed by atoms with Crippen molar-refractivity contribution in [2.75, 3.05) is 9.80 Å². The smallest absolute Gasteiger partial charge is 0.252 e. The maximum atomic E-state index is 2.72. The van der Waals surface area contributed by atoms with Crippen LogP contribution in [0.3, 0.4) is 0 Å². The zero-order chi connectivity index (χ0) is 51.9. The van der Waals surface area contributed by atoms with E-state index in [1.54, 1.807) is 0 Å². The third-order valence-electron chi connectivity index (χ3n) is 18.0. The van der Waals surface area contributed by atoms with Gasteiger partial charge in [-0.2, -0.15) is 0 Å². The summed E-state index contributed by atoms with van der Waals surface area (Å²) in [6.45, 7) is 31.5. The Balaban J connectivity index is 1.13. The number of rotatable bonds is 8. The molecule has 4 aliphatic rings. The summed E-state index contributed by atoms with van der Waals surface area (Å²) in [5.74, 6) is 0.296. The van der Waals surface area contributed by atoms with E-state index in [0.29, 0.717) is 5.92 Å². The van der Waals surface area contributed by atoms with Gasteiger partial charge in [0, 0.05) is 39.9 Å². The topological polar surface area (TPSA) is 6.48 Å². The molecule has 0 saturated carbocycles. The molecular weight excluding hydrogens is 892 g/mol. The molecule has 2 heterocycles. The van der Waals surface area contributed by atoms with Gasteiger partial charge >= 0.3 is 0 Å². The number of hydrogen-bond donors (Lipinski definition) is 0. The summed E-state index contributed by atoms with van der Waals surface area (Å²) in [5, 5.41) is 0. The molecule has 2 aliphatic heterocycles. The number of nitrogens with zero attached hydrogens (tertiary/aromatic N) is 2. The fourth-order valence-electron chi connectivity index (χ4n) is 14.9. The Morgan fingerprint density at radius 2 is 0.973 bits per heavy atom. The van der Waals surface area contributed by atoms with Gasteiger partial charge in [-0.05, 0) is 187 Å². The Hall–Kier alpha value is -6.58. The highest BCUT2D eigenvalue weighted by atomic mass is 15.2. The first-order valence-electron chi connectivity index (χ1n) is 27.6. The predicted octanol–water partition coefficient (Wildman–Crippen LogP) is 17.0. The molecule has 8 aromatic rings. The predicted molar refractivity (Wildman–Crippen MR) is 318 cm³/mol. The first-order chi connectivity index (χ1) is 35.1. The Bertz CT molecular complexity index is 3480. The summed E-state index contributed by atoms with van der Waals surface area (Å²) >= 11 is 0. The molecule has 0 amide bonds. The van der Waals surface area contributed by atoms with Crippen LogP contribution in [0.4, 0.5) is 34.1 Å². The van der Waals surface area contributed by atoms with Crippen molar-refractivity contribution in [3.63, 3.8) is 0 Å². The minimum absolute atomic E-state index is 0.0174. The fourth-order valence-corrected chi connectivity index (χ4v) is 14.9. The third kappa shape index (κ3) is 7.81. The molecule has 0 radical (unpaired) electrons. The van der Waals surface area contributed by atoms with Crippen LogP contribution >= 0.6 is 0 Å². The minimum Gasteiger partial charge on any atom is -0.311 e. The SMILES string of the molecule is Cc1cc2c3c(c1)N(c1ccc(C(C)(C)C)cc1-c1ccccc1)c1cc4c(cc1B3c1ccc(CCC(c3ccccc3)c3ccccc3)cc1N2c1cc2c(cc1C)C(C)(C)CC2(C)C)C(C)(C)CC4(C)C. The number of fused-ring (bicyclic) bond motifs is 6. The second kappa shape index (κ2) is 17.0. The molecule has 0 spiro atoms. The van der Waals surface area contributed by atoms with Crippen molar-refractivity contribution in [2.45, 2.75) is 149 Å². The molecule has 74 heavy (non-hydrogen) atoms. The van der Waals surface area contributed by atoms with E-state index in [9.17, 15) is 0 Å². The van der Waals surface area contributed by atoms with Gasteiger partial charge in [-0.1, -0.05) is 197 Å². The molecule has 0 atom stereocenters. The minimum atomic E-state index is -0.0174. The van der Waals surface area contributed by atoms with Crippen molar-refractivity contribution in [3.05, 3.63) is 219 Å². The number of hydrogen-bond acceptors (Lipinski definition) is 2. The van der Waals surface area contributed by atoms with Crippen molar-refractivity contribution in [3.8, 4) is 11.1 Å². The van der Waals surface area contributed by atoms with Crippen LogP contribution < -0.4 is 26.2 Å². The fraction of sp³-hybridized carbons (Fsp3) is 0.324. The quantitative estimate of drug-likeness (QED) is 0.140. The lowest BCUT2D eigenvalue weighted by Crippen LogP contribution is -2.61. The van der Waals surface area contributed by atoms with Crippen LogP contribution in [0.5, 0.6) is 0 Å². The summed E-state index contributed by atoms with van der Waals surface area (Å²) in [5.41, 5.74) is 28.6.